The fourth-order valence-electron chi connectivity index (χ4n) is 2.04. The van der Waals surface area contributed by atoms with E-state index in [-0.39, 0.29) is 28.0 Å². The summed E-state index contributed by atoms with van der Waals surface area (Å²) in [7, 11) is 0. The van der Waals surface area contributed by atoms with Crippen molar-refractivity contribution in [3.05, 3.63) is 82.2 Å². The van der Waals surface area contributed by atoms with Crippen LogP contribution in [-0.2, 0) is 0 Å². The number of nitrogens with zero attached hydrogens (tertiary/aromatic N) is 1. The maximum atomic E-state index is 13.0. The van der Waals surface area contributed by atoms with Gasteiger partial charge >= 0.3 is 0 Å². The van der Waals surface area contributed by atoms with E-state index < -0.39 is 5.91 Å². The molecule has 3 rings (SSSR count). The van der Waals surface area contributed by atoms with Crippen molar-refractivity contribution in [2.24, 2.45) is 0 Å². The normalized spacial score (nSPS) is 10.4. The summed E-state index contributed by atoms with van der Waals surface area (Å²) in [4.78, 5) is 16.6. The summed E-state index contributed by atoms with van der Waals surface area (Å²) >= 11 is 12.1. The van der Waals surface area contributed by atoms with Gasteiger partial charge in [-0.15, -0.1) is 0 Å². The van der Waals surface area contributed by atoms with Gasteiger partial charge in [0.05, 0.1) is 5.02 Å². The Morgan fingerprint density at radius 3 is 2.56 bits per heavy atom. The molecule has 0 atom stereocenters. The van der Waals surface area contributed by atoms with Gasteiger partial charge in [0.1, 0.15) is 22.2 Å². The fraction of sp³-hybridized carbons (Fsp3) is 0. The van der Waals surface area contributed by atoms with Crippen molar-refractivity contribution in [3.63, 3.8) is 0 Å². The summed E-state index contributed by atoms with van der Waals surface area (Å²) in [5.41, 5.74) is 0.643. The molecule has 0 saturated carbocycles. The lowest BCUT2D eigenvalue weighted by Crippen LogP contribution is -2.13. The zero-order valence-electron chi connectivity index (χ0n) is 12.7. The summed E-state index contributed by atoms with van der Waals surface area (Å²) in [6.45, 7) is 0. The van der Waals surface area contributed by atoms with Crippen LogP contribution in [0.4, 0.5) is 10.1 Å². The van der Waals surface area contributed by atoms with E-state index in [0.29, 0.717) is 10.7 Å². The number of pyridine rings is 1. The van der Waals surface area contributed by atoms with E-state index in [4.69, 9.17) is 27.9 Å². The van der Waals surface area contributed by atoms with Gasteiger partial charge in [0, 0.05) is 11.9 Å². The molecule has 0 aliphatic heterocycles. The first-order valence-corrected chi connectivity index (χ1v) is 7.94. The van der Waals surface area contributed by atoms with E-state index in [2.05, 4.69) is 10.3 Å². The summed E-state index contributed by atoms with van der Waals surface area (Å²) in [6, 6.07) is 13.5. The second kappa shape index (κ2) is 7.51. The predicted molar refractivity (Wildman–Crippen MR) is 95.1 cm³/mol. The number of amides is 1. The minimum atomic E-state index is -0.451. The van der Waals surface area contributed by atoms with E-state index in [1.807, 2.05) is 0 Å². The highest BCUT2D eigenvalue weighted by atomic mass is 35.5. The van der Waals surface area contributed by atoms with Gasteiger partial charge in [-0.25, -0.2) is 9.37 Å². The number of carbonyl (C=O) groups excluding carboxylic acids is 1. The Kier molecular flexibility index (Phi) is 5.16. The van der Waals surface area contributed by atoms with Crippen molar-refractivity contribution >= 4 is 34.8 Å². The molecule has 7 heteroatoms. The van der Waals surface area contributed by atoms with Crippen molar-refractivity contribution < 1.29 is 13.9 Å². The quantitative estimate of drug-likeness (QED) is 0.647. The zero-order chi connectivity index (χ0) is 17.8. The molecule has 126 valence electrons. The predicted octanol–water partition coefficient (Wildman–Crippen LogP) is 5.57. The summed E-state index contributed by atoms with van der Waals surface area (Å²) in [5, 5.41) is 3.20. The average Bonchev–Trinajstić information content (AvgIpc) is 2.61. The first-order chi connectivity index (χ1) is 12.0. The van der Waals surface area contributed by atoms with Gasteiger partial charge in [-0.2, -0.15) is 0 Å². The number of aromatic nitrogens is 1. The molecule has 3 aromatic rings. The monoisotopic (exact) mass is 376 g/mol. The Labute approximate surface area is 153 Å². The Hall–Kier alpha value is -2.63. The van der Waals surface area contributed by atoms with Gasteiger partial charge in [0.15, 0.2) is 0 Å². The van der Waals surface area contributed by atoms with Crippen molar-refractivity contribution in [1.29, 1.82) is 0 Å². The van der Waals surface area contributed by atoms with Crippen LogP contribution in [0.1, 0.15) is 10.4 Å². The number of rotatable bonds is 4. The van der Waals surface area contributed by atoms with Crippen LogP contribution in [0.2, 0.25) is 10.0 Å². The van der Waals surface area contributed by atoms with Gasteiger partial charge in [0.25, 0.3) is 5.91 Å². The molecule has 0 aliphatic carbocycles. The minimum absolute atomic E-state index is 0.0753. The number of hydrogen-bond acceptors (Lipinski definition) is 3. The smallest absolute Gasteiger partial charge is 0.261 e. The number of ether oxygens (including phenoxy) is 1. The van der Waals surface area contributed by atoms with Crippen molar-refractivity contribution in [2.45, 2.75) is 0 Å². The van der Waals surface area contributed by atoms with Crippen LogP contribution in [0, 0.1) is 5.82 Å². The molecule has 0 spiro atoms. The van der Waals surface area contributed by atoms with Crippen LogP contribution in [-0.4, -0.2) is 10.9 Å². The first-order valence-electron chi connectivity index (χ1n) is 7.18. The van der Waals surface area contributed by atoms with Gasteiger partial charge in [-0.1, -0.05) is 29.3 Å². The Balaban J connectivity index is 1.86. The molecule has 0 radical (unpaired) electrons. The molecular formula is C18H11Cl2FN2O2. The highest BCUT2D eigenvalue weighted by Gasteiger charge is 2.16. The zero-order valence-corrected chi connectivity index (χ0v) is 14.2. The second-order valence-electron chi connectivity index (χ2n) is 4.97. The lowest BCUT2D eigenvalue weighted by molar-refractivity contribution is 0.102. The van der Waals surface area contributed by atoms with Crippen molar-refractivity contribution in [2.75, 3.05) is 5.32 Å². The van der Waals surface area contributed by atoms with Gasteiger partial charge < -0.3 is 10.1 Å². The highest BCUT2D eigenvalue weighted by molar-refractivity contribution is 6.42. The molecule has 25 heavy (non-hydrogen) atoms. The maximum Gasteiger partial charge on any atom is 0.261 e. The van der Waals surface area contributed by atoms with Crippen molar-refractivity contribution in [1.82, 2.24) is 4.98 Å². The number of hydrogen-bond donors (Lipinski definition) is 1. The third kappa shape index (κ3) is 4.07. The summed E-state index contributed by atoms with van der Waals surface area (Å²) < 4.78 is 18.6. The SMILES string of the molecule is O=C(Nc1ccc(F)cc1)c1cccnc1Oc1cccc(Cl)c1Cl. The molecule has 0 unspecified atom stereocenters. The molecule has 1 heterocycles. The summed E-state index contributed by atoms with van der Waals surface area (Å²) in [5.74, 6) is -0.484. The number of benzene rings is 2. The summed E-state index contributed by atoms with van der Waals surface area (Å²) in [6.07, 6.45) is 1.49. The largest absolute Gasteiger partial charge is 0.437 e. The van der Waals surface area contributed by atoms with Crippen LogP contribution < -0.4 is 10.1 Å². The van der Waals surface area contributed by atoms with Crippen LogP contribution in [0.25, 0.3) is 0 Å². The van der Waals surface area contributed by atoms with Gasteiger partial charge in [0.2, 0.25) is 5.88 Å². The Bertz CT molecular complexity index is 917. The molecule has 0 fully saturated rings. The molecule has 1 N–H and O–H groups in total. The molecule has 1 aromatic heterocycles. The fourth-order valence-corrected chi connectivity index (χ4v) is 2.37. The Morgan fingerprint density at radius 2 is 1.80 bits per heavy atom. The van der Waals surface area contributed by atoms with Crippen LogP contribution in [0.5, 0.6) is 11.6 Å². The van der Waals surface area contributed by atoms with Crippen molar-refractivity contribution in [3.8, 4) is 11.6 Å². The lowest BCUT2D eigenvalue weighted by Gasteiger charge is -2.11. The van der Waals surface area contributed by atoms with Crippen LogP contribution in [0.3, 0.4) is 0 Å². The number of nitrogens with one attached hydrogen (secondary N) is 1. The van der Waals surface area contributed by atoms with E-state index >= 15 is 0 Å². The van der Waals surface area contributed by atoms with Gasteiger partial charge in [-0.3, -0.25) is 4.79 Å². The molecule has 4 nitrogen and oxygen atoms in total. The molecule has 1 amide bonds. The number of halogens is 3. The topological polar surface area (TPSA) is 51.2 Å². The standard InChI is InChI=1S/C18H11Cl2FN2O2/c19-14-4-1-5-15(16(14)20)25-18-13(3-2-10-22-18)17(24)23-12-8-6-11(21)7-9-12/h1-10H,(H,23,24). The van der Waals surface area contributed by atoms with E-state index in [1.54, 1.807) is 30.3 Å². The molecule has 0 saturated heterocycles. The van der Waals surface area contributed by atoms with Gasteiger partial charge in [-0.05, 0) is 48.5 Å². The highest BCUT2D eigenvalue weighted by Crippen LogP contribution is 2.35. The third-order valence-corrected chi connectivity index (χ3v) is 4.04. The Morgan fingerprint density at radius 1 is 1.04 bits per heavy atom. The number of carbonyl (C=O) groups is 1. The third-order valence-electron chi connectivity index (χ3n) is 3.24. The minimum Gasteiger partial charge on any atom is -0.437 e. The van der Waals surface area contributed by atoms with E-state index in [9.17, 15) is 9.18 Å². The second-order valence-corrected chi connectivity index (χ2v) is 5.76. The lowest BCUT2D eigenvalue weighted by atomic mass is 10.2. The number of anilines is 1. The molecule has 0 bridgehead atoms. The molecular weight excluding hydrogens is 366 g/mol. The van der Waals surface area contributed by atoms with Crippen LogP contribution in [0.15, 0.2) is 60.8 Å². The maximum absolute atomic E-state index is 13.0. The van der Waals surface area contributed by atoms with E-state index in [1.165, 1.54) is 30.5 Å². The molecule has 2 aromatic carbocycles. The van der Waals surface area contributed by atoms with Crippen LogP contribution >= 0.6 is 23.2 Å². The first kappa shape index (κ1) is 17.2. The van der Waals surface area contributed by atoms with E-state index in [0.717, 1.165) is 0 Å². The average molecular weight is 377 g/mol. The molecule has 0 aliphatic rings.